The quantitative estimate of drug-likeness (QED) is 0.0398. The van der Waals surface area contributed by atoms with Crippen LogP contribution < -0.4 is 0 Å². The summed E-state index contributed by atoms with van der Waals surface area (Å²) in [6.07, 6.45) is 9.11. The van der Waals surface area contributed by atoms with E-state index in [4.69, 9.17) is 52.1 Å². The maximum Gasteiger partial charge on any atom is 0.303 e. The summed E-state index contributed by atoms with van der Waals surface area (Å²) in [6.45, 7) is 28.3. The van der Waals surface area contributed by atoms with E-state index in [1.54, 1.807) is 72.8 Å². The largest absolute Gasteiger partial charge is 0.458 e. The van der Waals surface area contributed by atoms with Gasteiger partial charge in [-0.1, -0.05) is 105 Å². The third-order valence-corrected chi connectivity index (χ3v) is 41.0. The minimum absolute atomic E-state index is 0.0927. The third kappa shape index (κ3) is 13.7. The number of carbonyl (C=O) groups is 12. The van der Waals surface area contributed by atoms with Crippen LogP contribution in [0.5, 0.6) is 0 Å². The molecule has 4 saturated heterocycles. The van der Waals surface area contributed by atoms with Gasteiger partial charge in [-0.25, -0.2) is 17.6 Å². The molecule has 0 aromatic rings. The Balaban J connectivity index is 0.000000125. The second kappa shape index (κ2) is 32.2. The lowest BCUT2D eigenvalue weighted by Gasteiger charge is -2.64. The maximum absolute atomic E-state index is 15.7. The van der Waals surface area contributed by atoms with Crippen LogP contribution in [0.15, 0.2) is 95.2 Å². The van der Waals surface area contributed by atoms with E-state index in [0.717, 1.165) is 6.92 Å². The number of esters is 4. The van der Waals surface area contributed by atoms with Gasteiger partial charge in [0.25, 0.3) is 0 Å². The van der Waals surface area contributed by atoms with Gasteiger partial charge in [-0.2, -0.15) is 0 Å². The highest BCUT2D eigenvalue weighted by Gasteiger charge is 2.87. The molecule has 0 aromatic carbocycles. The van der Waals surface area contributed by atoms with Gasteiger partial charge in [0.2, 0.25) is 23.1 Å². The number of Topliss-reactive ketones (excluding diaryl/α,β-unsaturated/α-hetero) is 4. The number of ketones is 8. The number of ether oxygens (including phenoxy) is 11. The third-order valence-electron chi connectivity index (χ3n) is 37.1. The summed E-state index contributed by atoms with van der Waals surface area (Å²) in [5.41, 5.74) is -12.8. The number of epoxide rings is 1. The molecule has 5 N–H and O–H groups in total. The fourth-order valence-corrected chi connectivity index (χ4v) is 33.9. The van der Waals surface area contributed by atoms with Crippen LogP contribution >= 0.6 is 31.9 Å². The summed E-state index contributed by atoms with van der Waals surface area (Å²) >= 11 is 7.79. The molecule has 12 saturated carbocycles. The van der Waals surface area contributed by atoms with Crippen molar-refractivity contribution >= 4 is 102 Å². The highest BCUT2D eigenvalue weighted by Crippen LogP contribution is 2.80. The molecule has 0 radical (unpaired) electrons. The molecule has 34 heteroatoms. The molecule has 738 valence electrons. The van der Waals surface area contributed by atoms with Gasteiger partial charge < -0.3 is 77.6 Å². The number of halogens is 6. The van der Waals surface area contributed by atoms with Crippen LogP contribution in [0.4, 0.5) is 17.6 Å². The Hall–Kier alpha value is -6.64. The summed E-state index contributed by atoms with van der Waals surface area (Å²) in [6, 6.07) is 0. The molecular weight excluding hydrogens is 1900 g/mol. The first-order valence-corrected chi connectivity index (χ1v) is 48.7. The Morgan fingerprint density at radius 3 is 1.09 bits per heavy atom. The van der Waals surface area contributed by atoms with E-state index in [0.29, 0.717) is 48.0 Å². The summed E-state index contributed by atoms with van der Waals surface area (Å²) in [7, 11) is 0. The van der Waals surface area contributed by atoms with Gasteiger partial charge in [-0.05, 0) is 244 Å². The Labute approximate surface area is 797 Å². The minimum atomic E-state index is -2.12. The second-order valence-electron chi connectivity index (χ2n) is 45.1. The van der Waals surface area contributed by atoms with Gasteiger partial charge in [0.05, 0.1) is 57.5 Å². The fourth-order valence-electron chi connectivity index (χ4n) is 31.8. The Morgan fingerprint density at radius 2 is 0.696 bits per heavy atom. The lowest BCUT2D eigenvalue weighted by Crippen LogP contribution is -2.70. The second-order valence-corrected chi connectivity index (χ2v) is 47.7. The first-order chi connectivity index (χ1) is 62.4. The number of hydrogen-bond donors (Lipinski definition) is 5. The van der Waals surface area contributed by atoms with Crippen molar-refractivity contribution in [3.8, 4) is 0 Å². The molecule has 16 aliphatic carbocycles. The Bertz CT molecular complexity index is 5240. The number of fused-ring (bicyclic) bond motifs is 24. The van der Waals surface area contributed by atoms with E-state index in [1.165, 1.54) is 69.4 Å². The van der Waals surface area contributed by atoms with Crippen LogP contribution in [0.2, 0.25) is 0 Å². The zero-order valence-electron chi connectivity index (χ0n) is 79.3. The number of allylic oxidation sites excluding steroid dienone is 14. The molecule has 0 amide bonds. The molecule has 0 bridgehead atoms. The predicted octanol–water partition coefficient (Wildman–Crippen LogP) is 10.8. The van der Waals surface area contributed by atoms with Crippen molar-refractivity contribution in [2.45, 2.75) is 329 Å². The average molecular weight is 2020 g/mol. The number of alkyl halides is 6. The molecular formula is C101H124Br2F4O28. The van der Waals surface area contributed by atoms with Gasteiger partial charge in [0.1, 0.15) is 30.3 Å². The number of aliphatic hydroxyl groups excluding tert-OH is 4. The highest BCUT2D eigenvalue weighted by atomic mass is 79.9. The Kier molecular flexibility index (Phi) is 23.8. The van der Waals surface area contributed by atoms with E-state index < -0.39 is 238 Å². The highest BCUT2D eigenvalue weighted by molar-refractivity contribution is 9.10. The van der Waals surface area contributed by atoms with Crippen molar-refractivity contribution in [1.82, 2.24) is 0 Å². The molecule has 8 unspecified atom stereocenters. The normalized spacial score (nSPS) is 49.7. The lowest BCUT2D eigenvalue weighted by atomic mass is 9.45. The topological polar surface area (TPSA) is 411 Å². The smallest absolute Gasteiger partial charge is 0.303 e. The van der Waals surface area contributed by atoms with Crippen molar-refractivity contribution in [3.63, 3.8) is 0 Å². The molecule has 20 rings (SSSR count). The first kappa shape index (κ1) is 99.9. The van der Waals surface area contributed by atoms with E-state index in [9.17, 15) is 83.1 Å². The number of carbonyl (C=O) groups excluding carboxylic acids is 12. The SMILES string of the molecule is CC(=O)OCC(=O)[C@@]1(O)[C@H](O)CC2C3C[C@H](F)C4=CC(=O)C=C[C@]4(C)C34OC4C[C@@]21C.CC(=O)OCC(=O)[C@@]12OC(C)(C)O[C@@H]1CC1C3C[C@H](F)C4=CC(=O)C=C[C@]4(C)[C@@]3(Br)[C@@H](O)C[C@@]12C.CC(=O)OCC(=O)[C@@]12OC(C)(C)O[C@@H]1CC1C3C[C@H](F)C4=CC(=O)C=C[C@]4(C)[C@@]3(Br)[C@@H](O)C[C@@]12C.CC(=O)OCC(=O)[C@@]12OC(C)(C)O[C@@H]1C[C@H]1[C@@H]3C[C@H](F)C4=CC(=O)C=C[C@]4(C)[C@H]3[C@@H](O)C[C@@]12C. The number of rotatable bonds is 12. The van der Waals surface area contributed by atoms with Gasteiger partial charge >= 0.3 is 23.9 Å². The van der Waals surface area contributed by atoms with E-state index in [1.807, 2.05) is 48.5 Å². The lowest BCUT2D eigenvalue weighted by molar-refractivity contribution is -0.227. The van der Waals surface area contributed by atoms with Crippen LogP contribution in [0.3, 0.4) is 0 Å². The van der Waals surface area contributed by atoms with Crippen LogP contribution in [-0.2, 0) is 110 Å². The number of hydrogen-bond acceptors (Lipinski definition) is 28. The summed E-state index contributed by atoms with van der Waals surface area (Å²) < 4.78 is 125. The molecule has 28 nitrogen and oxygen atoms in total. The molecule has 20 aliphatic rings. The van der Waals surface area contributed by atoms with Crippen LogP contribution in [0.1, 0.15) is 202 Å². The van der Waals surface area contributed by atoms with Gasteiger partial charge in [-0.3, -0.25) is 57.5 Å². The van der Waals surface area contributed by atoms with Crippen LogP contribution in [-0.4, -0.2) is 250 Å². The monoisotopic (exact) mass is 2020 g/mol. The van der Waals surface area contributed by atoms with Gasteiger partial charge in [0.15, 0.2) is 89.3 Å². The average Bonchev–Trinajstić information content (AvgIpc) is 1.46. The zero-order chi connectivity index (χ0) is 98.9. The predicted molar refractivity (Wildman–Crippen MR) is 475 cm³/mol. The van der Waals surface area contributed by atoms with Crippen molar-refractivity contribution in [3.05, 3.63) is 95.2 Å². The van der Waals surface area contributed by atoms with Crippen LogP contribution in [0, 0.1) is 96.6 Å². The molecule has 36 atom stereocenters. The molecule has 16 fully saturated rings. The molecule has 0 aromatic heterocycles. The molecule has 1 spiro atoms. The van der Waals surface area contributed by atoms with Crippen LogP contribution in [0.25, 0.3) is 0 Å². The maximum atomic E-state index is 15.7. The van der Waals surface area contributed by atoms with Gasteiger partial charge in [-0.15, -0.1) is 0 Å². The zero-order valence-corrected chi connectivity index (χ0v) is 82.4. The summed E-state index contributed by atoms with van der Waals surface area (Å²) in [5, 5.41) is 57.5. The summed E-state index contributed by atoms with van der Waals surface area (Å²) in [5.74, 6) is -11.2. The Morgan fingerprint density at radius 1 is 0.370 bits per heavy atom. The van der Waals surface area contributed by atoms with Crippen molar-refractivity contribution in [2.24, 2.45) is 96.6 Å². The first-order valence-electron chi connectivity index (χ1n) is 47.1. The number of aliphatic hydroxyl groups is 5. The van der Waals surface area contributed by atoms with Gasteiger partial charge in [0, 0.05) is 76.9 Å². The van der Waals surface area contributed by atoms with Crippen molar-refractivity contribution in [2.75, 3.05) is 26.4 Å². The minimum Gasteiger partial charge on any atom is -0.458 e. The van der Waals surface area contributed by atoms with E-state index in [2.05, 4.69) is 31.9 Å². The summed E-state index contributed by atoms with van der Waals surface area (Å²) in [4.78, 5) is 148. The van der Waals surface area contributed by atoms with E-state index in [-0.39, 0.29) is 134 Å². The van der Waals surface area contributed by atoms with Crippen molar-refractivity contribution < 1.29 is 153 Å². The van der Waals surface area contributed by atoms with Crippen molar-refractivity contribution in [1.29, 1.82) is 0 Å². The molecule has 4 aliphatic heterocycles. The fraction of sp³-hybridized carbons (Fsp3) is 0.723. The molecule has 135 heavy (non-hydrogen) atoms. The molecule has 4 heterocycles. The van der Waals surface area contributed by atoms with E-state index >= 15 is 17.6 Å². The standard InChI is InChI=1S/2C26H32BrFO7.C26H33FO7.C23H27FO7/c2*1-13(29)33-12-20(32)26-21(34-22(2,3)35-26)10-15-16-9-18(28)17-8-14(30)6-7-23(17,4)25(16,27)19(31)11-24(15,26)5;1-13(28)32-12-20(31)26-21(33-23(2,3)34-26)10-16-15-9-18(27)17-8-14(29)6-7-24(17,4)22(15)19(30)11-25(16,26)5;1-11(25)30-10-18(28)22(29)17(27)8-13-14-7-16(24)15-6-12(26)4-5-20(15,2)23(14)19(31-23)9-21(13,22)3/h2*6-8,15-16,18-19,21,31H,9-12H2,1-5H3;6-8,15-16,18-19,21-22,30H,9-12H2,1-5H3;4-6,13-14,16-17,19,27,29H,7-10H2,1-3H3/t2*15?,16?,18-,19-,21+,23-,24-,25-,26+;15-,16-,18-,19-,21+,22+,24-,25-,26+;13?,14?,16-,17+,19?,20-,21-,22-,23?/m0000/s1.